The molecular formula is C57H110O6. The molecule has 0 aromatic heterocycles. The van der Waals surface area contributed by atoms with Crippen LogP contribution in [-0.4, -0.2) is 37.2 Å². The second-order valence-corrected chi connectivity index (χ2v) is 20.5. The van der Waals surface area contributed by atoms with Crippen molar-refractivity contribution >= 4 is 17.9 Å². The monoisotopic (exact) mass is 891 g/mol. The molecule has 0 aromatic carbocycles. The van der Waals surface area contributed by atoms with Gasteiger partial charge in [0.15, 0.2) is 6.10 Å². The van der Waals surface area contributed by atoms with Gasteiger partial charge in [0.05, 0.1) is 0 Å². The van der Waals surface area contributed by atoms with Crippen molar-refractivity contribution in [3.63, 3.8) is 0 Å². The van der Waals surface area contributed by atoms with Crippen molar-refractivity contribution in [3.8, 4) is 0 Å². The summed E-state index contributed by atoms with van der Waals surface area (Å²) in [7, 11) is 0. The molecule has 0 rings (SSSR count). The van der Waals surface area contributed by atoms with E-state index in [0.717, 1.165) is 75.5 Å². The maximum Gasteiger partial charge on any atom is 0.306 e. The van der Waals surface area contributed by atoms with Crippen LogP contribution in [0.15, 0.2) is 0 Å². The average Bonchev–Trinajstić information content (AvgIpc) is 3.27. The van der Waals surface area contributed by atoms with Crippen molar-refractivity contribution < 1.29 is 28.6 Å². The van der Waals surface area contributed by atoms with Crippen LogP contribution in [0.1, 0.15) is 311 Å². The van der Waals surface area contributed by atoms with Gasteiger partial charge in [-0.25, -0.2) is 0 Å². The minimum atomic E-state index is -0.763. The highest BCUT2D eigenvalue weighted by Crippen LogP contribution is 2.19. The van der Waals surface area contributed by atoms with Gasteiger partial charge in [0, 0.05) is 19.3 Å². The number of carbonyl (C=O) groups is 3. The average molecular weight is 892 g/mol. The molecule has 0 saturated heterocycles. The lowest BCUT2D eigenvalue weighted by Crippen LogP contribution is -2.30. The van der Waals surface area contributed by atoms with Gasteiger partial charge in [0.2, 0.25) is 0 Å². The van der Waals surface area contributed by atoms with Gasteiger partial charge in [-0.2, -0.15) is 0 Å². The van der Waals surface area contributed by atoms with Crippen LogP contribution < -0.4 is 0 Å². The van der Waals surface area contributed by atoms with E-state index in [4.69, 9.17) is 14.2 Å². The molecule has 374 valence electrons. The molecule has 0 aliphatic carbocycles. The van der Waals surface area contributed by atoms with Crippen LogP contribution in [0.5, 0.6) is 0 Å². The topological polar surface area (TPSA) is 78.9 Å². The molecule has 0 N–H and O–H groups in total. The summed E-state index contributed by atoms with van der Waals surface area (Å²) in [5.41, 5.74) is 0. The highest BCUT2D eigenvalue weighted by molar-refractivity contribution is 5.71. The first-order valence-corrected chi connectivity index (χ1v) is 28.2. The standard InChI is InChI=1S/C57H110O6/c1-7-52(5)44-38-32-26-20-13-11-9-10-12-14-22-28-34-40-46-55(58)61-49-54(50-62-56(59)47-41-35-29-23-17-15-19-25-31-37-43-51(3)4)63-57(60)48-42-36-30-24-18-16-21-27-33-39-45-53(6)8-2/h51-54H,7-50H2,1-6H3/t52?,53?,54-/m0/s1. The Morgan fingerprint density at radius 3 is 0.825 bits per heavy atom. The van der Waals surface area contributed by atoms with Crippen LogP contribution in [0.25, 0.3) is 0 Å². The van der Waals surface area contributed by atoms with Crippen molar-refractivity contribution in [1.29, 1.82) is 0 Å². The highest BCUT2D eigenvalue weighted by Gasteiger charge is 2.19. The Hall–Kier alpha value is -1.59. The highest BCUT2D eigenvalue weighted by atomic mass is 16.6. The lowest BCUT2D eigenvalue weighted by molar-refractivity contribution is -0.167. The van der Waals surface area contributed by atoms with E-state index in [2.05, 4.69) is 41.5 Å². The third-order valence-corrected chi connectivity index (χ3v) is 13.6. The summed E-state index contributed by atoms with van der Waals surface area (Å²) in [5.74, 6) is 1.73. The van der Waals surface area contributed by atoms with Gasteiger partial charge in [0.1, 0.15) is 13.2 Å². The molecule has 0 fully saturated rings. The van der Waals surface area contributed by atoms with E-state index in [1.165, 1.54) is 193 Å². The van der Waals surface area contributed by atoms with E-state index in [0.29, 0.717) is 19.3 Å². The number of hydrogen-bond acceptors (Lipinski definition) is 6. The van der Waals surface area contributed by atoms with Crippen molar-refractivity contribution in [2.45, 2.75) is 317 Å². The normalized spacial score (nSPS) is 13.0. The number of unbranched alkanes of at least 4 members (excludes halogenated alkanes) is 31. The van der Waals surface area contributed by atoms with Crippen LogP contribution in [0.2, 0.25) is 0 Å². The Morgan fingerprint density at radius 1 is 0.317 bits per heavy atom. The zero-order chi connectivity index (χ0) is 46.3. The summed E-state index contributed by atoms with van der Waals surface area (Å²) in [5, 5.41) is 0. The molecule has 0 aliphatic rings. The molecule has 0 heterocycles. The van der Waals surface area contributed by atoms with Crippen LogP contribution in [0, 0.1) is 17.8 Å². The maximum atomic E-state index is 12.8. The molecule has 0 saturated carbocycles. The molecule has 2 unspecified atom stereocenters. The first-order valence-electron chi connectivity index (χ1n) is 28.2. The minimum Gasteiger partial charge on any atom is -0.462 e. The van der Waals surface area contributed by atoms with Gasteiger partial charge < -0.3 is 14.2 Å². The zero-order valence-electron chi connectivity index (χ0n) is 43.4. The van der Waals surface area contributed by atoms with Gasteiger partial charge in [-0.1, -0.05) is 273 Å². The predicted molar refractivity (Wildman–Crippen MR) is 270 cm³/mol. The molecule has 3 atom stereocenters. The molecule has 0 aliphatic heterocycles. The molecule has 0 amide bonds. The minimum absolute atomic E-state index is 0.0640. The lowest BCUT2D eigenvalue weighted by Gasteiger charge is -2.18. The van der Waals surface area contributed by atoms with Gasteiger partial charge >= 0.3 is 17.9 Å². The Bertz CT molecular complexity index is 980. The summed E-state index contributed by atoms with van der Waals surface area (Å²) in [6, 6.07) is 0. The number of hydrogen-bond donors (Lipinski definition) is 0. The number of ether oxygens (including phenoxy) is 3. The fourth-order valence-corrected chi connectivity index (χ4v) is 8.58. The molecule has 63 heavy (non-hydrogen) atoms. The van der Waals surface area contributed by atoms with Crippen molar-refractivity contribution in [3.05, 3.63) is 0 Å². The second kappa shape index (κ2) is 48.3. The fraction of sp³-hybridized carbons (Fsp3) is 0.947. The first kappa shape index (κ1) is 61.4. The smallest absolute Gasteiger partial charge is 0.306 e. The van der Waals surface area contributed by atoms with Crippen LogP contribution >= 0.6 is 0 Å². The van der Waals surface area contributed by atoms with E-state index in [1.54, 1.807) is 0 Å². The summed E-state index contributed by atoms with van der Waals surface area (Å²) in [4.78, 5) is 38.1. The first-order chi connectivity index (χ1) is 30.7. The van der Waals surface area contributed by atoms with Crippen LogP contribution in [0.4, 0.5) is 0 Å². The molecule has 0 bridgehead atoms. The molecule has 0 aromatic rings. The van der Waals surface area contributed by atoms with E-state index in [-0.39, 0.29) is 31.1 Å². The van der Waals surface area contributed by atoms with Gasteiger partial charge in [0.25, 0.3) is 0 Å². The quantitative estimate of drug-likeness (QED) is 0.0344. The number of rotatable bonds is 50. The SMILES string of the molecule is CCC(C)CCCCCCCCCCCCCCCCC(=O)OC[C@@H](COC(=O)CCCCCCCCCCCCC(C)C)OC(=O)CCCCCCCCCCCCC(C)CC. The molecule has 6 nitrogen and oxygen atoms in total. The fourth-order valence-electron chi connectivity index (χ4n) is 8.58. The Kier molecular flexibility index (Phi) is 47.1. The third kappa shape index (κ3) is 48.2. The van der Waals surface area contributed by atoms with Gasteiger partial charge in [-0.15, -0.1) is 0 Å². The van der Waals surface area contributed by atoms with Crippen LogP contribution in [0.3, 0.4) is 0 Å². The molecular weight excluding hydrogens is 781 g/mol. The van der Waals surface area contributed by atoms with Crippen molar-refractivity contribution in [2.75, 3.05) is 13.2 Å². The van der Waals surface area contributed by atoms with E-state index < -0.39 is 6.10 Å². The molecule has 0 radical (unpaired) electrons. The van der Waals surface area contributed by atoms with Gasteiger partial charge in [-0.05, 0) is 37.0 Å². The Morgan fingerprint density at radius 2 is 0.556 bits per heavy atom. The van der Waals surface area contributed by atoms with E-state index in [1.807, 2.05) is 0 Å². The largest absolute Gasteiger partial charge is 0.462 e. The van der Waals surface area contributed by atoms with Crippen molar-refractivity contribution in [2.24, 2.45) is 17.8 Å². The molecule has 0 spiro atoms. The maximum absolute atomic E-state index is 12.8. The second-order valence-electron chi connectivity index (χ2n) is 20.5. The predicted octanol–water partition coefficient (Wildman–Crippen LogP) is 18.3. The molecule has 6 heteroatoms. The zero-order valence-corrected chi connectivity index (χ0v) is 43.4. The van der Waals surface area contributed by atoms with Gasteiger partial charge in [-0.3, -0.25) is 14.4 Å². The Labute approximate surface area is 393 Å². The lowest BCUT2D eigenvalue weighted by atomic mass is 9.99. The third-order valence-electron chi connectivity index (χ3n) is 13.6. The summed E-state index contributed by atoms with van der Waals surface area (Å²) in [6.07, 6.45) is 49.3. The van der Waals surface area contributed by atoms with Crippen molar-refractivity contribution in [1.82, 2.24) is 0 Å². The van der Waals surface area contributed by atoms with E-state index in [9.17, 15) is 14.4 Å². The number of carbonyl (C=O) groups excluding carboxylic acids is 3. The van der Waals surface area contributed by atoms with E-state index >= 15 is 0 Å². The number of esters is 3. The Balaban J connectivity index is 4.30. The summed E-state index contributed by atoms with van der Waals surface area (Å²) in [6.45, 7) is 13.8. The summed E-state index contributed by atoms with van der Waals surface area (Å²) >= 11 is 0. The van der Waals surface area contributed by atoms with Crippen LogP contribution in [-0.2, 0) is 28.6 Å². The summed E-state index contributed by atoms with van der Waals surface area (Å²) < 4.78 is 16.9.